The third kappa shape index (κ3) is 3.08. The van der Waals surface area contributed by atoms with Crippen molar-refractivity contribution in [2.75, 3.05) is 14.2 Å². The van der Waals surface area contributed by atoms with E-state index in [1.807, 2.05) is 7.05 Å². The number of rotatable bonds is 5. The quantitative estimate of drug-likeness (QED) is 0.721. The second-order valence-corrected chi connectivity index (χ2v) is 3.46. The van der Waals surface area contributed by atoms with Crippen LogP contribution in [0.15, 0.2) is 24.8 Å². The number of hydroxylamine groups is 1. The van der Waals surface area contributed by atoms with E-state index in [4.69, 9.17) is 4.84 Å². The van der Waals surface area contributed by atoms with Gasteiger partial charge in [0.2, 0.25) is 0 Å². The molecule has 0 aliphatic heterocycles. The average molecular weight is 206 g/mol. The highest BCUT2D eigenvalue weighted by Gasteiger charge is 2.03. The van der Waals surface area contributed by atoms with Gasteiger partial charge in [0.25, 0.3) is 0 Å². The Morgan fingerprint density at radius 1 is 1.47 bits per heavy atom. The Morgan fingerprint density at radius 2 is 2.20 bits per heavy atom. The van der Waals surface area contributed by atoms with Crippen LogP contribution in [0.3, 0.4) is 0 Å². The van der Waals surface area contributed by atoms with Crippen molar-refractivity contribution >= 4 is 5.70 Å². The van der Waals surface area contributed by atoms with E-state index >= 15 is 0 Å². The van der Waals surface area contributed by atoms with Gasteiger partial charge in [-0.1, -0.05) is 24.8 Å². The zero-order valence-electron chi connectivity index (χ0n) is 9.55. The van der Waals surface area contributed by atoms with Crippen LogP contribution in [0.2, 0.25) is 0 Å². The summed E-state index contributed by atoms with van der Waals surface area (Å²) in [6.45, 7) is 6.85. The molecule has 2 N–H and O–H groups in total. The fourth-order valence-corrected chi connectivity index (χ4v) is 1.56. The molecule has 1 aromatic carbocycles. The maximum absolute atomic E-state index is 4.83. The smallest absolute Gasteiger partial charge is 0.0636 e. The minimum atomic E-state index is 0.783. The summed E-state index contributed by atoms with van der Waals surface area (Å²) in [4.78, 5) is 4.83. The van der Waals surface area contributed by atoms with Gasteiger partial charge in [0.05, 0.1) is 12.8 Å². The molecule has 0 amide bonds. The van der Waals surface area contributed by atoms with E-state index in [0.717, 1.165) is 17.8 Å². The molecule has 0 radical (unpaired) electrons. The van der Waals surface area contributed by atoms with Crippen LogP contribution in [-0.4, -0.2) is 14.2 Å². The van der Waals surface area contributed by atoms with Crippen molar-refractivity contribution < 1.29 is 4.84 Å². The lowest BCUT2D eigenvalue weighted by Crippen LogP contribution is -2.10. The van der Waals surface area contributed by atoms with Crippen molar-refractivity contribution in [1.29, 1.82) is 0 Å². The van der Waals surface area contributed by atoms with Crippen LogP contribution in [0.5, 0.6) is 0 Å². The van der Waals surface area contributed by atoms with Gasteiger partial charge in [-0.05, 0) is 25.1 Å². The van der Waals surface area contributed by atoms with Gasteiger partial charge in [-0.2, -0.15) is 0 Å². The molecule has 82 valence electrons. The molecule has 0 aliphatic carbocycles. The highest BCUT2D eigenvalue weighted by atomic mass is 16.6. The van der Waals surface area contributed by atoms with Crippen LogP contribution in [-0.2, 0) is 11.4 Å². The molecule has 1 rings (SSSR count). The minimum absolute atomic E-state index is 0.783. The second kappa shape index (κ2) is 5.53. The fraction of sp³-hybridized carbons (Fsp3) is 0.333. The molecule has 3 heteroatoms. The molecule has 0 fully saturated rings. The molecular formula is C12H18N2O. The standard InChI is InChI=1S/C12H18N2O/c1-9-7-11(8-13-3)5-6-12(9)10(2)14-15-4/h5-7,13-14H,2,8H2,1,3-4H3. The fourth-order valence-electron chi connectivity index (χ4n) is 1.56. The predicted octanol–water partition coefficient (Wildman–Crippen LogP) is 1.84. The number of hydrogen-bond acceptors (Lipinski definition) is 3. The lowest BCUT2D eigenvalue weighted by Gasteiger charge is -2.11. The monoisotopic (exact) mass is 206 g/mol. The van der Waals surface area contributed by atoms with Gasteiger partial charge in [0, 0.05) is 12.1 Å². The number of nitrogens with one attached hydrogen (secondary N) is 2. The Balaban J connectivity index is 2.87. The highest BCUT2D eigenvalue weighted by molar-refractivity contribution is 5.64. The van der Waals surface area contributed by atoms with Crippen LogP contribution in [0.25, 0.3) is 5.70 Å². The van der Waals surface area contributed by atoms with E-state index in [1.165, 1.54) is 11.1 Å². The summed E-state index contributed by atoms with van der Waals surface area (Å²) < 4.78 is 0. The Kier molecular flexibility index (Phi) is 4.34. The molecule has 0 heterocycles. The van der Waals surface area contributed by atoms with Crippen molar-refractivity contribution in [3.05, 3.63) is 41.5 Å². The molecule has 1 aromatic rings. The van der Waals surface area contributed by atoms with E-state index < -0.39 is 0 Å². The van der Waals surface area contributed by atoms with Gasteiger partial charge in [0.1, 0.15) is 0 Å². The highest BCUT2D eigenvalue weighted by Crippen LogP contribution is 2.16. The second-order valence-electron chi connectivity index (χ2n) is 3.46. The van der Waals surface area contributed by atoms with Gasteiger partial charge in [-0.15, -0.1) is 0 Å². The SMILES string of the molecule is C=C(NOC)c1ccc(CNC)cc1C. The lowest BCUT2D eigenvalue weighted by atomic mass is 10.0. The van der Waals surface area contributed by atoms with Crippen LogP contribution in [0.4, 0.5) is 0 Å². The van der Waals surface area contributed by atoms with Crippen LogP contribution in [0, 0.1) is 6.92 Å². The van der Waals surface area contributed by atoms with Gasteiger partial charge >= 0.3 is 0 Å². The predicted molar refractivity (Wildman–Crippen MR) is 63.1 cm³/mol. The van der Waals surface area contributed by atoms with Crippen LogP contribution in [0.1, 0.15) is 16.7 Å². The first-order valence-electron chi connectivity index (χ1n) is 4.91. The van der Waals surface area contributed by atoms with Gasteiger partial charge in [0.15, 0.2) is 0 Å². The van der Waals surface area contributed by atoms with Gasteiger partial charge < -0.3 is 5.32 Å². The first-order valence-corrected chi connectivity index (χ1v) is 4.91. The molecule has 0 atom stereocenters. The third-order valence-corrected chi connectivity index (χ3v) is 2.22. The molecule has 15 heavy (non-hydrogen) atoms. The summed E-state index contributed by atoms with van der Waals surface area (Å²) in [5.74, 6) is 0. The van der Waals surface area contributed by atoms with Gasteiger partial charge in [-0.3, -0.25) is 10.3 Å². The zero-order valence-corrected chi connectivity index (χ0v) is 9.55. The van der Waals surface area contributed by atoms with Crippen molar-refractivity contribution in [1.82, 2.24) is 10.8 Å². The Labute approximate surface area is 91.1 Å². The number of aryl methyl sites for hydroxylation is 1. The topological polar surface area (TPSA) is 33.3 Å². The maximum atomic E-state index is 4.83. The summed E-state index contributed by atoms with van der Waals surface area (Å²) >= 11 is 0. The molecule has 0 saturated carbocycles. The maximum Gasteiger partial charge on any atom is 0.0636 e. The zero-order chi connectivity index (χ0) is 11.3. The molecular weight excluding hydrogens is 188 g/mol. The third-order valence-electron chi connectivity index (χ3n) is 2.22. The number of hydrogen-bond donors (Lipinski definition) is 2. The average Bonchev–Trinajstić information content (AvgIpc) is 2.18. The molecule has 0 aliphatic rings. The van der Waals surface area contributed by atoms with E-state index in [9.17, 15) is 0 Å². The van der Waals surface area contributed by atoms with Crippen LogP contribution < -0.4 is 10.8 Å². The summed E-state index contributed by atoms with van der Waals surface area (Å²) in [6.07, 6.45) is 0. The summed E-state index contributed by atoms with van der Waals surface area (Å²) in [6, 6.07) is 6.28. The summed E-state index contributed by atoms with van der Waals surface area (Å²) in [5, 5.41) is 3.12. The Bertz CT molecular complexity index is 347. The number of benzene rings is 1. The van der Waals surface area contributed by atoms with Crippen molar-refractivity contribution in [2.45, 2.75) is 13.5 Å². The van der Waals surface area contributed by atoms with Crippen molar-refractivity contribution in [2.24, 2.45) is 0 Å². The van der Waals surface area contributed by atoms with Crippen LogP contribution >= 0.6 is 0 Å². The first-order chi connectivity index (χ1) is 7.19. The molecule has 0 unspecified atom stereocenters. The molecule has 0 spiro atoms. The Hall–Kier alpha value is -1.32. The minimum Gasteiger partial charge on any atom is -0.316 e. The summed E-state index contributed by atoms with van der Waals surface area (Å²) in [5.41, 5.74) is 7.07. The summed E-state index contributed by atoms with van der Waals surface area (Å²) in [7, 11) is 3.52. The lowest BCUT2D eigenvalue weighted by molar-refractivity contribution is 0.137. The molecule has 0 aromatic heterocycles. The largest absolute Gasteiger partial charge is 0.316 e. The van der Waals surface area contributed by atoms with E-state index in [-0.39, 0.29) is 0 Å². The molecule has 0 bridgehead atoms. The van der Waals surface area contributed by atoms with Crippen molar-refractivity contribution in [3.8, 4) is 0 Å². The van der Waals surface area contributed by atoms with Crippen molar-refractivity contribution in [3.63, 3.8) is 0 Å². The van der Waals surface area contributed by atoms with E-state index in [2.05, 4.69) is 42.5 Å². The first kappa shape index (κ1) is 11.8. The molecule has 0 saturated heterocycles. The molecule has 3 nitrogen and oxygen atoms in total. The van der Waals surface area contributed by atoms with Gasteiger partial charge in [-0.25, -0.2) is 0 Å². The normalized spacial score (nSPS) is 10.1. The van der Waals surface area contributed by atoms with E-state index in [0.29, 0.717) is 0 Å². The van der Waals surface area contributed by atoms with E-state index in [1.54, 1.807) is 7.11 Å². The Morgan fingerprint density at radius 3 is 2.73 bits per heavy atom.